The molecule has 8 heteroatoms. The zero-order valence-corrected chi connectivity index (χ0v) is 19.4. The highest BCUT2D eigenvalue weighted by Gasteiger charge is 2.66. The van der Waals surface area contributed by atoms with Gasteiger partial charge < -0.3 is 4.74 Å². The second-order valence-corrected chi connectivity index (χ2v) is 9.84. The lowest BCUT2D eigenvalue weighted by Gasteiger charge is -2.34. The van der Waals surface area contributed by atoms with Gasteiger partial charge in [-0.1, -0.05) is 24.3 Å². The Bertz CT molecular complexity index is 1240. The fraction of sp³-hybridized carbons (Fsp3) is 0.346. The van der Waals surface area contributed by atoms with Crippen LogP contribution < -0.4 is 4.90 Å². The van der Waals surface area contributed by atoms with Crippen LogP contribution in [0.15, 0.2) is 53.6 Å². The van der Waals surface area contributed by atoms with Crippen molar-refractivity contribution in [2.75, 3.05) is 4.90 Å². The van der Waals surface area contributed by atoms with Crippen LogP contribution in [0.5, 0.6) is 0 Å². The molecule has 3 aliphatic rings. The number of esters is 1. The van der Waals surface area contributed by atoms with Crippen molar-refractivity contribution in [1.29, 1.82) is 0 Å². The Labute approximate surface area is 197 Å². The second kappa shape index (κ2) is 7.62. The van der Waals surface area contributed by atoms with E-state index in [1.165, 1.54) is 6.92 Å². The Hall–Kier alpha value is -3.81. The molecule has 2 aromatic carbocycles. The van der Waals surface area contributed by atoms with E-state index in [0.717, 1.165) is 16.0 Å². The number of carbonyl (C=O) groups is 4. The molecule has 34 heavy (non-hydrogen) atoms. The van der Waals surface area contributed by atoms with Crippen molar-refractivity contribution in [2.24, 2.45) is 16.9 Å². The predicted molar refractivity (Wildman–Crippen MR) is 124 cm³/mol. The number of imide groups is 1. The molecule has 0 N–H and O–H groups in total. The van der Waals surface area contributed by atoms with Gasteiger partial charge in [0.05, 0.1) is 29.8 Å². The van der Waals surface area contributed by atoms with Crippen LogP contribution in [-0.2, 0) is 19.1 Å². The molecule has 2 saturated heterocycles. The molecule has 0 radical (unpaired) electrons. The van der Waals surface area contributed by atoms with Crippen molar-refractivity contribution in [1.82, 2.24) is 5.01 Å². The molecule has 0 aromatic heterocycles. The smallest absolute Gasteiger partial charge is 0.331 e. The van der Waals surface area contributed by atoms with Crippen LogP contribution in [-0.4, -0.2) is 46.4 Å². The summed E-state index contributed by atoms with van der Waals surface area (Å²) in [7, 11) is 0. The van der Waals surface area contributed by atoms with Gasteiger partial charge in [-0.25, -0.2) is 9.69 Å². The molecule has 0 saturated carbocycles. The molecule has 174 valence electrons. The van der Waals surface area contributed by atoms with Crippen molar-refractivity contribution in [2.45, 2.75) is 45.4 Å². The van der Waals surface area contributed by atoms with Gasteiger partial charge in [0.1, 0.15) is 5.60 Å². The van der Waals surface area contributed by atoms with Gasteiger partial charge in [-0.3, -0.25) is 19.4 Å². The van der Waals surface area contributed by atoms with E-state index in [1.54, 1.807) is 56.3 Å². The fourth-order valence-electron chi connectivity index (χ4n) is 5.10. The van der Waals surface area contributed by atoms with Crippen LogP contribution in [0.3, 0.4) is 0 Å². The average Bonchev–Trinajstić information content (AvgIpc) is 3.25. The summed E-state index contributed by atoms with van der Waals surface area (Å²) in [6.07, 6.45) is 1.65. The first-order valence-electron chi connectivity index (χ1n) is 11.2. The second-order valence-electron chi connectivity index (χ2n) is 9.84. The lowest BCUT2D eigenvalue weighted by molar-refractivity contribution is -0.163. The van der Waals surface area contributed by atoms with Crippen molar-refractivity contribution in [3.8, 4) is 0 Å². The van der Waals surface area contributed by atoms with Crippen LogP contribution in [0.1, 0.15) is 55.2 Å². The minimum Gasteiger partial charge on any atom is -0.458 e. The molecule has 8 nitrogen and oxygen atoms in total. The number of ketones is 1. The minimum absolute atomic E-state index is 0.111. The van der Waals surface area contributed by atoms with Crippen molar-refractivity contribution < 1.29 is 23.9 Å². The van der Waals surface area contributed by atoms with Gasteiger partial charge in [-0.05, 0) is 63.1 Å². The molecule has 2 fully saturated rings. The van der Waals surface area contributed by atoms with Crippen LogP contribution in [0.25, 0.3) is 0 Å². The number of hydrogen-bond acceptors (Lipinski definition) is 7. The molecule has 4 atom stereocenters. The number of ether oxygens (including phenoxy) is 1. The quantitative estimate of drug-likeness (QED) is 0.398. The Morgan fingerprint density at radius 2 is 1.59 bits per heavy atom. The number of Topliss-reactive ketones (excluding diaryl/α,β-unsaturated/α-hetero) is 1. The molecule has 0 aliphatic carbocycles. The fourth-order valence-corrected chi connectivity index (χ4v) is 5.10. The summed E-state index contributed by atoms with van der Waals surface area (Å²) in [4.78, 5) is 53.6. The molecular weight excluding hydrogens is 434 g/mol. The molecule has 3 aliphatic heterocycles. The third kappa shape index (κ3) is 3.32. The third-order valence-corrected chi connectivity index (χ3v) is 6.47. The topological polar surface area (TPSA) is 96.4 Å². The Morgan fingerprint density at radius 1 is 0.941 bits per heavy atom. The highest BCUT2D eigenvalue weighted by atomic mass is 16.6. The monoisotopic (exact) mass is 459 g/mol. The van der Waals surface area contributed by atoms with E-state index in [9.17, 15) is 19.2 Å². The van der Waals surface area contributed by atoms with Crippen LogP contribution in [0.4, 0.5) is 5.69 Å². The number of carbonyl (C=O) groups excluding carboxylic acids is 4. The van der Waals surface area contributed by atoms with Crippen molar-refractivity contribution in [3.05, 3.63) is 65.2 Å². The molecule has 0 spiro atoms. The van der Waals surface area contributed by atoms with E-state index < -0.39 is 47.3 Å². The Morgan fingerprint density at radius 3 is 2.24 bits per heavy atom. The molecule has 2 aromatic rings. The first kappa shape index (κ1) is 22.0. The van der Waals surface area contributed by atoms with E-state index in [0.29, 0.717) is 11.3 Å². The molecule has 5 rings (SSSR count). The van der Waals surface area contributed by atoms with Gasteiger partial charge >= 0.3 is 5.97 Å². The number of hydrogen-bond donors (Lipinski definition) is 0. The Balaban J connectivity index is 1.60. The summed E-state index contributed by atoms with van der Waals surface area (Å²) in [5.41, 5.74) is 1.77. The summed E-state index contributed by atoms with van der Waals surface area (Å²) in [5, 5.41) is 6.06. The van der Waals surface area contributed by atoms with E-state index in [-0.39, 0.29) is 5.78 Å². The molecule has 4 unspecified atom stereocenters. The standard InChI is InChI=1S/C26H25N3O5/c1-14(30)15-9-11-17(12-10-15)28-23(31)19-20(24(28)32)22(25(33)34-26(2,3)4)29-21(19)18-8-6-5-7-16(18)13-27-29/h5-13,19-22H,1-4H3. The van der Waals surface area contributed by atoms with Gasteiger partial charge in [-0.2, -0.15) is 5.10 Å². The van der Waals surface area contributed by atoms with E-state index in [1.807, 2.05) is 24.3 Å². The maximum Gasteiger partial charge on any atom is 0.331 e. The SMILES string of the molecule is CC(=O)c1ccc(N2C(=O)C3C(C2=O)C2c4ccccc4C=NN2C3C(=O)OC(C)(C)C)cc1. The minimum atomic E-state index is -1.03. The van der Waals surface area contributed by atoms with E-state index in [4.69, 9.17) is 4.74 Å². The lowest BCUT2D eigenvalue weighted by Crippen LogP contribution is -2.46. The summed E-state index contributed by atoms with van der Waals surface area (Å²) in [6.45, 7) is 6.73. The number of nitrogens with zero attached hydrogens (tertiary/aromatic N) is 3. The van der Waals surface area contributed by atoms with Gasteiger partial charge in [0.15, 0.2) is 11.8 Å². The maximum atomic E-state index is 13.7. The number of anilines is 1. The molecule has 3 heterocycles. The normalized spacial score (nSPS) is 25.2. The summed E-state index contributed by atoms with van der Waals surface area (Å²) in [6, 6.07) is 12.3. The van der Waals surface area contributed by atoms with Crippen molar-refractivity contribution >= 4 is 35.5 Å². The maximum absolute atomic E-state index is 13.7. The van der Waals surface area contributed by atoms with Crippen molar-refractivity contribution in [3.63, 3.8) is 0 Å². The van der Waals surface area contributed by atoms with E-state index >= 15 is 0 Å². The number of hydrazone groups is 1. The average molecular weight is 460 g/mol. The largest absolute Gasteiger partial charge is 0.458 e. The van der Waals surface area contributed by atoms with Crippen LogP contribution >= 0.6 is 0 Å². The molecule has 0 bridgehead atoms. The van der Waals surface area contributed by atoms with Gasteiger partial charge in [0, 0.05) is 5.56 Å². The molecule has 2 amide bonds. The predicted octanol–water partition coefficient (Wildman–Crippen LogP) is 3.11. The first-order chi connectivity index (χ1) is 16.1. The summed E-state index contributed by atoms with van der Waals surface area (Å²) < 4.78 is 5.66. The van der Waals surface area contributed by atoms with Gasteiger partial charge in [0.2, 0.25) is 11.8 Å². The third-order valence-electron chi connectivity index (χ3n) is 6.47. The number of rotatable bonds is 3. The zero-order valence-electron chi connectivity index (χ0n) is 19.4. The van der Waals surface area contributed by atoms with Crippen LogP contribution in [0, 0.1) is 11.8 Å². The molecular formula is C26H25N3O5. The number of amides is 2. The number of fused-ring (bicyclic) bond motifs is 5. The van der Waals surface area contributed by atoms with Gasteiger partial charge in [-0.15, -0.1) is 0 Å². The number of benzene rings is 2. The zero-order chi connectivity index (χ0) is 24.4. The Kier molecular flexibility index (Phi) is 4.93. The van der Waals surface area contributed by atoms with E-state index in [2.05, 4.69) is 5.10 Å². The summed E-state index contributed by atoms with van der Waals surface area (Å²) in [5.74, 6) is -3.29. The highest BCUT2D eigenvalue weighted by Crippen LogP contribution is 2.52. The first-order valence-corrected chi connectivity index (χ1v) is 11.2. The highest BCUT2D eigenvalue weighted by molar-refractivity contribution is 6.24. The van der Waals surface area contributed by atoms with Gasteiger partial charge in [0.25, 0.3) is 0 Å². The lowest BCUT2D eigenvalue weighted by atomic mass is 9.85. The summed E-state index contributed by atoms with van der Waals surface area (Å²) >= 11 is 0. The van der Waals surface area contributed by atoms with Crippen LogP contribution in [0.2, 0.25) is 0 Å².